The summed E-state index contributed by atoms with van der Waals surface area (Å²) < 4.78 is 7.34. The predicted molar refractivity (Wildman–Crippen MR) is 164 cm³/mol. The van der Waals surface area contributed by atoms with Gasteiger partial charge in [-0.2, -0.15) is 0 Å². The molecule has 0 saturated carbocycles. The molecule has 224 valence electrons. The Bertz CT molecular complexity index is 1410. The normalized spacial score (nSPS) is 16.6. The fourth-order valence-corrected chi connectivity index (χ4v) is 6.21. The quantitative estimate of drug-likeness (QED) is 0.258. The Hall–Kier alpha value is -3.21. The Kier molecular flexibility index (Phi) is 11.2. The maximum absolute atomic E-state index is 13.0. The lowest BCUT2D eigenvalue weighted by molar-refractivity contribution is -0.142. The highest BCUT2D eigenvalue weighted by Gasteiger charge is 2.30. The van der Waals surface area contributed by atoms with Crippen molar-refractivity contribution in [3.8, 4) is 0 Å². The number of methoxy groups -OCH3 is 1. The summed E-state index contributed by atoms with van der Waals surface area (Å²) in [6, 6.07) is 2.56. The van der Waals surface area contributed by atoms with Crippen molar-refractivity contribution in [2.75, 3.05) is 26.5 Å². The number of carbonyl (C=O) groups excluding carboxylic acids is 2. The minimum atomic E-state index is -1.12. The van der Waals surface area contributed by atoms with Crippen molar-refractivity contribution in [1.82, 2.24) is 19.8 Å². The minimum absolute atomic E-state index is 0.0663. The third-order valence-corrected chi connectivity index (χ3v) is 9.21. The van der Waals surface area contributed by atoms with Gasteiger partial charge >= 0.3 is 5.97 Å². The molecule has 1 aromatic carbocycles. The molecular weight excluding hydrogens is 599 g/mol. The molecule has 9 nitrogen and oxygen atoms in total. The van der Waals surface area contributed by atoms with Gasteiger partial charge in [0.1, 0.15) is 11.8 Å². The standard InChI is InChI=1S/C30H34Cl2N4O5S/c1-41-24-6-4-3-5-21(24)16-35-17-22(33-18-35)15-23(30(39)40)34-29(38)20-11-13-36(14-12-20)26(37)10-8-19-7-9-25(42-2)28(32)27(19)31/h4,6-10,17-18,20,23H,3,5,11-16H2,1-2H3,(H,34,38)(H,39,40)/b10-8+/t23-/m0/s1. The minimum Gasteiger partial charge on any atom is -0.497 e. The first-order valence-electron chi connectivity index (χ1n) is 13.7. The van der Waals surface area contributed by atoms with Gasteiger partial charge in [0.15, 0.2) is 0 Å². The van der Waals surface area contributed by atoms with Crippen molar-refractivity contribution in [1.29, 1.82) is 0 Å². The first-order chi connectivity index (χ1) is 20.2. The zero-order valence-electron chi connectivity index (χ0n) is 23.5. The number of allylic oxidation sites excluding steroid dienone is 3. The van der Waals surface area contributed by atoms with Gasteiger partial charge in [-0.25, -0.2) is 9.78 Å². The molecule has 2 aliphatic rings. The fraction of sp³-hybridized carbons (Fsp3) is 0.400. The van der Waals surface area contributed by atoms with Crippen LogP contribution in [0.15, 0.2) is 59.1 Å². The molecule has 1 aliphatic carbocycles. The van der Waals surface area contributed by atoms with Gasteiger partial charge in [0.25, 0.3) is 0 Å². The highest BCUT2D eigenvalue weighted by molar-refractivity contribution is 7.98. The van der Waals surface area contributed by atoms with E-state index in [-0.39, 0.29) is 24.2 Å². The van der Waals surface area contributed by atoms with Crippen LogP contribution in [0.1, 0.15) is 36.9 Å². The van der Waals surface area contributed by atoms with Crippen LogP contribution in [-0.4, -0.2) is 69.8 Å². The van der Waals surface area contributed by atoms with Crippen LogP contribution in [0.2, 0.25) is 10.0 Å². The number of piperidine rings is 1. The van der Waals surface area contributed by atoms with Gasteiger partial charge in [-0.3, -0.25) is 9.59 Å². The van der Waals surface area contributed by atoms with Gasteiger partial charge in [-0.15, -0.1) is 11.8 Å². The predicted octanol–water partition coefficient (Wildman–Crippen LogP) is 5.23. The van der Waals surface area contributed by atoms with E-state index in [1.54, 1.807) is 30.6 Å². The van der Waals surface area contributed by atoms with Gasteiger partial charge < -0.3 is 24.6 Å². The molecule has 2 amide bonds. The number of halogens is 2. The summed E-state index contributed by atoms with van der Waals surface area (Å²) in [5, 5.41) is 13.3. The van der Waals surface area contributed by atoms with E-state index in [1.165, 1.54) is 17.8 Å². The van der Waals surface area contributed by atoms with Gasteiger partial charge in [0, 0.05) is 49.1 Å². The molecule has 0 unspecified atom stereocenters. The SMILES string of the molecule is COC1=C(Cn2cnc(C[C@H](NC(=O)C3CCN(C(=O)/C=C/c4ccc(SC)c(Cl)c4Cl)CC3)C(=O)O)c2)CCC=C1. The molecule has 1 aliphatic heterocycles. The second kappa shape index (κ2) is 14.8. The van der Waals surface area contributed by atoms with Crippen LogP contribution >= 0.6 is 35.0 Å². The highest BCUT2D eigenvalue weighted by atomic mass is 35.5. The van der Waals surface area contributed by atoms with E-state index in [4.69, 9.17) is 27.9 Å². The van der Waals surface area contributed by atoms with Crippen molar-refractivity contribution < 1.29 is 24.2 Å². The van der Waals surface area contributed by atoms with Crippen LogP contribution in [-0.2, 0) is 32.1 Å². The molecule has 0 bridgehead atoms. The van der Waals surface area contributed by atoms with Crippen molar-refractivity contribution in [2.24, 2.45) is 5.92 Å². The molecule has 12 heteroatoms. The lowest BCUT2D eigenvalue weighted by atomic mass is 9.95. The fourth-order valence-electron chi connectivity index (χ4n) is 5.04. The Morgan fingerprint density at radius 1 is 1.24 bits per heavy atom. The third kappa shape index (κ3) is 7.99. The number of rotatable bonds is 11. The number of benzene rings is 1. The van der Waals surface area contributed by atoms with Crippen molar-refractivity contribution in [3.63, 3.8) is 0 Å². The molecule has 2 aromatic rings. The summed E-state index contributed by atoms with van der Waals surface area (Å²) in [7, 11) is 1.64. The largest absolute Gasteiger partial charge is 0.497 e. The number of aliphatic carboxylic acids is 1. The number of hydrogen-bond donors (Lipinski definition) is 2. The van der Waals surface area contributed by atoms with Crippen LogP contribution in [0, 0.1) is 5.92 Å². The lowest BCUT2D eigenvalue weighted by Crippen LogP contribution is -2.48. The first-order valence-corrected chi connectivity index (χ1v) is 15.6. The Morgan fingerprint density at radius 3 is 2.69 bits per heavy atom. The second-order valence-corrected chi connectivity index (χ2v) is 11.8. The number of nitrogens with one attached hydrogen (secondary N) is 1. The van der Waals surface area contributed by atoms with E-state index in [0.717, 1.165) is 29.1 Å². The number of nitrogens with zero attached hydrogens (tertiary/aromatic N) is 3. The number of thioether (sulfide) groups is 1. The highest BCUT2D eigenvalue weighted by Crippen LogP contribution is 2.35. The van der Waals surface area contributed by atoms with Crippen LogP contribution in [0.4, 0.5) is 0 Å². The maximum atomic E-state index is 13.0. The van der Waals surface area contributed by atoms with E-state index in [0.29, 0.717) is 53.8 Å². The molecule has 2 heterocycles. The van der Waals surface area contributed by atoms with Crippen molar-refractivity contribution in [2.45, 2.75) is 49.6 Å². The summed E-state index contributed by atoms with van der Waals surface area (Å²) >= 11 is 14.1. The first kappa shape index (κ1) is 31.7. The zero-order chi connectivity index (χ0) is 30.2. The molecule has 0 radical (unpaired) electrons. The molecular formula is C30H34Cl2N4O5S. The Balaban J connectivity index is 1.28. The van der Waals surface area contributed by atoms with E-state index >= 15 is 0 Å². The molecule has 0 spiro atoms. The number of ether oxygens (including phenoxy) is 1. The molecule has 1 fully saturated rings. The average Bonchev–Trinajstić information content (AvgIpc) is 3.44. The Labute approximate surface area is 259 Å². The monoisotopic (exact) mass is 632 g/mol. The Morgan fingerprint density at radius 2 is 2.00 bits per heavy atom. The number of carbonyl (C=O) groups is 3. The summed E-state index contributed by atoms with van der Waals surface area (Å²) in [6.45, 7) is 1.37. The molecule has 4 rings (SSSR count). The van der Waals surface area contributed by atoms with E-state index < -0.39 is 12.0 Å². The molecule has 1 aromatic heterocycles. The third-order valence-electron chi connectivity index (χ3n) is 7.42. The average molecular weight is 634 g/mol. The van der Waals surface area contributed by atoms with Crippen LogP contribution < -0.4 is 5.32 Å². The van der Waals surface area contributed by atoms with Crippen molar-refractivity contribution in [3.05, 3.63) is 75.5 Å². The van der Waals surface area contributed by atoms with Crippen LogP contribution in [0.25, 0.3) is 6.08 Å². The summed E-state index contributed by atoms with van der Waals surface area (Å²) in [6.07, 6.45) is 15.3. The van der Waals surface area contributed by atoms with Gasteiger partial charge in [0.05, 0.1) is 29.2 Å². The smallest absolute Gasteiger partial charge is 0.326 e. The van der Waals surface area contributed by atoms with Gasteiger partial charge in [-0.05, 0) is 61.3 Å². The van der Waals surface area contributed by atoms with E-state index in [2.05, 4.69) is 16.4 Å². The number of carboxylic acid groups (broad SMARTS) is 1. The summed E-state index contributed by atoms with van der Waals surface area (Å²) in [5.41, 5.74) is 2.37. The molecule has 42 heavy (non-hydrogen) atoms. The summed E-state index contributed by atoms with van der Waals surface area (Å²) in [5.74, 6) is -1.19. The number of aromatic nitrogens is 2. The number of imidazole rings is 1. The number of amides is 2. The topological polar surface area (TPSA) is 114 Å². The number of hydrogen-bond acceptors (Lipinski definition) is 6. The van der Waals surface area contributed by atoms with Gasteiger partial charge in [0.2, 0.25) is 11.8 Å². The number of carboxylic acids is 1. The lowest BCUT2D eigenvalue weighted by Gasteiger charge is -2.31. The van der Waals surface area contributed by atoms with E-state index in [9.17, 15) is 19.5 Å². The van der Waals surface area contributed by atoms with Crippen LogP contribution in [0.3, 0.4) is 0 Å². The molecule has 1 saturated heterocycles. The van der Waals surface area contributed by atoms with Crippen LogP contribution in [0.5, 0.6) is 0 Å². The van der Waals surface area contributed by atoms with Gasteiger partial charge in [-0.1, -0.05) is 35.3 Å². The zero-order valence-corrected chi connectivity index (χ0v) is 25.8. The second-order valence-electron chi connectivity index (χ2n) is 10.2. The maximum Gasteiger partial charge on any atom is 0.326 e. The summed E-state index contributed by atoms with van der Waals surface area (Å²) in [4.78, 5) is 44.6. The van der Waals surface area contributed by atoms with E-state index in [1.807, 2.05) is 29.0 Å². The molecule has 2 N–H and O–H groups in total. The molecule has 1 atom stereocenters. The van der Waals surface area contributed by atoms with Crippen molar-refractivity contribution >= 4 is 58.8 Å². The number of likely N-dealkylation sites (tertiary alicyclic amines) is 1.